The molecular formula is C12H9F2N3O2. The number of alkyl halides is 2. The van der Waals surface area contributed by atoms with Crippen molar-refractivity contribution in [3.63, 3.8) is 0 Å². The summed E-state index contributed by atoms with van der Waals surface area (Å²) in [5.74, 6) is -1.36. The summed E-state index contributed by atoms with van der Waals surface area (Å²) in [6.45, 7) is 0. The quantitative estimate of drug-likeness (QED) is 0.916. The van der Waals surface area contributed by atoms with Crippen molar-refractivity contribution in [2.45, 2.75) is 12.8 Å². The van der Waals surface area contributed by atoms with Gasteiger partial charge in [0.15, 0.2) is 0 Å². The third-order valence-corrected chi connectivity index (χ3v) is 2.37. The zero-order valence-electron chi connectivity index (χ0n) is 9.62. The third kappa shape index (κ3) is 3.06. The summed E-state index contributed by atoms with van der Waals surface area (Å²) in [4.78, 5) is 22.2. The molecule has 0 saturated heterocycles. The predicted molar refractivity (Wildman–Crippen MR) is 61.0 cm³/mol. The number of hydrogen-bond acceptors (Lipinski definition) is 4. The van der Waals surface area contributed by atoms with Crippen LogP contribution in [0.4, 0.5) is 8.78 Å². The molecule has 98 valence electrons. The Hall–Kier alpha value is -2.44. The Bertz CT molecular complexity index is 591. The molecule has 0 aliphatic heterocycles. The molecule has 2 aromatic heterocycles. The van der Waals surface area contributed by atoms with Gasteiger partial charge in [-0.2, -0.15) is 0 Å². The highest BCUT2D eigenvalue weighted by Crippen LogP contribution is 2.20. The SMILES string of the molecule is O=C(O)c1cnc(Cc2ccccn2)nc1C(F)F. The van der Waals surface area contributed by atoms with E-state index in [1.54, 1.807) is 24.4 Å². The van der Waals surface area contributed by atoms with E-state index in [9.17, 15) is 13.6 Å². The maximum Gasteiger partial charge on any atom is 0.339 e. The number of aromatic nitrogens is 3. The first-order valence-electron chi connectivity index (χ1n) is 5.35. The minimum Gasteiger partial charge on any atom is -0.478 e. The van der Waals surface area contributed by atoms with Gasteiger partial charge in [0.05, 0.1) is 6.42 Å². The van der Waals surface area contributed by atoms with Crippen molar-refractivity contribution < 1.29 is 18.7 Å². The van der Waals surface area contributed by atoms with Crippen LogP contribution in [0, 0.1) is 0 Å². The maximum absolute atomic E-state index is 12.7. The molecule has 0 amide bonds. The van der Waals surface area contributed by atoms with Crippen molar-refractivity contribution in [3.8, 4) is 0 Å². The van der Waals surface area contributed by atoms with E-state index < -0.39 is 23.7 Å². The Kier molecular flexibility index (Phi) is 3.74. The fourth-order valence-electron chi connectivity index (χ4n) is 1.51. The van der Waals surface area contributed by atoms with E-state index in [4.69, 9.17) is 5.11 Å². The number of nitrogens with zero attached hydrogens (tertiary/aromatic N) is 3. The van der Waals surface area contributed by atoms with E-state index in [0.29, 0.717) is 5.69 Å². The molecule has 0 aliphatic rings. The van der Waals surface area contributed by atoms with Gasteiger partial charge in [-0.1, -0.05) is 6.07 Å². The van der Waals surface area contributed by atoms with E-state index in [-0.39, 0.29) is 12.2 Å². The minimum atomic E-state index is -2.96. The van der Waals surface area contributed by atoms with E-state index in [1.807, 2.05) is 0 Å². The summed E-state index contributed by atoms with van der Waals surface area (Å²) in [5, 5.41) is 8.77. The van der Waals surface area contributed by atoms with Gasteiger partial charge < -0.3 is 5.11 Å². The second-order valence-corrected chi connectivity index (χ2v) is 3.69. The highest BCUT2D eigenvalue weighted by atomic mass is 19.3. The van der Waals surface area contributed by atoms with Gasteiger partial charge in [0.2, 0.25) is 0 Å². The molecular weight excluding hydrogens is 256 g/mol. The maximum atomic E-state index is 12.7. The first-order chi connectivity index (χ1) is 9.08. The first-order valence-corrected chi connectivity index (χ1v) is 5.35. The van der Waals surface area contributed by atoms with Crippen molar-refractivity contribution in [2.24, 2.45) is 0 Å². The molecule has 2 rings (SSSR count). The summed E-state index contributed by atoms with van der Waals surface area (Å²) in [6.07, 6.45) is -0.332. The van der Waals surface area contributed by atoms with Crippen molar-refractivity contribution in [1.29, 1.82) is 0 Å². The van der Waals surface area contributed by atoms with Gasteiger partial charge in [0.25, 0.3) is 6.43 Å². The normalized spacial score (nSPS) is 10.7. The Morgan fingerprint density at radius 2 is 2.11 bits per heavy atom. The van der Waals surface area contributed by atoms with E-state index in [1.165, 1.54) is 0 Å². The van der Waals surface area contributed by atoms with Gasteiger partial charge >= 0.3 is 5.97 Å². The topological polar surface area (TPSA) is 76.0 Å². The lowest BCUT2D eigenvalue weighted by Gasteiger charge is -2.06. The molecule has 0 aromatic carbocycles. The Morgan fingerprint density at radius 3 is 2.68 bits per heavy atom. The molecule has 1 N–H and O–H groups in total. The number of carbonyl (C=O) groups is 1. The van der Waals surface area contributed by atoms with Crippen molar-refractivity contribution in [1.82, 2.24) is 15.0 Å². The zero-order valence-corrected chi connectivity index (χ0v) is 9.62. The molecule has 2 heterocycles. The monoisotopic (exact) mass is 265 g/mol. The molecule has 0 aliphatic carbocycles. The van der Waals surface area contributed by atoms with E-state index in [2.05, 4.69) is 15.0 Å². The van der Waals surface area contributed by atoms with Crippen LogP contribution < -0.4 is 0 Å². The molecule has 0 radical (unpaired) electrons. The van der Waals surface area contributed by atoms with Crippen LogP contribution >= 0.6 is 0 Å². The molecule has 2 aromatic rings. The summed E-state index contributed by atoms with van der Waals surface area (Å²) >= 11 is 0. The molecule has 7 heteroatoms. The molecule has 5 nitrogen and oxygen atoms in total. The van der Waals surface area contributed by atoms with Crippen LogP contribution in [0.15, 0.2) is 30.6 Å². The lowest BCUT2D eigenvalue weighted by molar-refractivity contribution is 0.0681. The summed E-state index contributed by atoms with van der Waals surface area (Å²) in [5.41, 5.74) is -0.737. The van der Waals surface area contributed by atoms with Gasteiger partial charge in [-0.05, 0) is 12.1 Å². The standard InChI is InChI=1S/C12H9F2N3O2/c13-11(14)10-8(12(18)19)6-16-9(17-10)5-7-3-1-2-4-15-7/h1-4,6,11H,5H2,(H,18,19). The molecule has 0 atom stereocenters. The lowest BCUT2D eigenvalue weighted by Crippen LogP contribution is -2.10. The zero-order chi connectivity index (χ0) is 13.8. The largest absolute Gasteiger partial charge is 0.478 e. The number of aromatic carboxylic acids is 1. The van der Waals surface area contributed by atoms with Crippen LogP contribution in [0.2, 0.25) is 0 Å². The van der Waals surface area contributed by atoms with Crippen LogP contribution in [0.5, 0.6) is 0 Å². The van der Waals surface area contributed by atoms with Crippen LogP contribution in [-0.2, 0) is 6.42 Å². The fourth-order valence-corrected chi connectivity index (χ4v) is 1.51. The van der Waals surface area contributed by atoms with Gasteiger partial charge in [-0.15, -0.1) is 0 Å². The lowest BCUT2D eigenvalue weighted by atomic mass is 10.2. The number of carboxylic acid groups (broad SMARTS) is 1. The van der Waals surface area contributed by atoms with Crippen LogP contribution in [-0.4, -0.2) is 26.0 Å². The highest BCUT2D eigenvalue weighted by molar-refractivity contribution is 5.88. The predicted octanol–water partition coefficient (Wildman–Crippen LogP) is 2.10. The Labute approximate surface area is 107 Å². The summed E-state index contributed by atoms with van der Waals surface area (Å²) < 4.78 is 25.5. The molecule has 0 fully saturated rings. The Morgan fingerprint density at radius 1 is 1.32 bits per heavy atom. The second kappa shape index (κ2) is 5.47. The molecule has 19 heavy (non-hydrogen) atoms. The molecule has 0 bridgehead atoms. The summed E-state index contributed by atoms with van der Waals surface area (Å²) in [6, 6.07) is 5.18. The van der Waals surface area contributed by atoms with Crippen molar-refractivity contribution in [3.05, 3.63) is 53.4 Å². The van der Waals surface area contributed by atoms with Crippen molar-refractivity contribution in [2.75, 3.05) is 0 Å². The highest BCUT2D eigenvalue weighted by Gasteiger charge is 2.21. The number of halogens is 2. The minimum absolute atomic E-state index is 0.110. The number of carboxylic acids is 1. The number of pyridine rings is 1. The average molecular weight is 265 g/mol. The van der Waals surface area contributed by atoms with Gasteiger partial charge in [0.1, 0.15) is 17.1 Å². The molecule has 0 spiro atoms. The van der Waals surface area contributed by atoms with E-state index in [0.717, 1.165) is 6.20 Å². The van der Waals surface area contributed by atoms with Gasteiger partial charge in [0, 0.05) is 18.1 Å². The van der Waals surface area contributed by atoms with Crippen molar-refractivity contribution >= 4 is 5.97 Å². The van der Waals surface area contributed by atoms with Gasteiger partial charge in [-0.25, -0.2) is 23.5 Å². The summed E-state index contributed by atoms with van der Waals surface area (Å²) in [7, 11) is 0. The molecule has 0 saturated carbocycles. The van der Waals surface area contributed by atoms with E-state index >= 15 is 0 Å². The average Bonchev–Trinajstić information content (AvgIpc) is 2.39. The second-order valence-electron chi connectivity index (χ2n) is 3.69. The first kappa shape index (κ1) is 13.0. The Balaban J connectivity index is 2.33. The van der Waals surface area contributed by atoms with Crippen LogP contribution in [0.1, 0.15) is 34.0 Å². The fraction of sp³-hybridized carbons (Fsp3) is 0.167. The molecule has 0 unspecified atom stereocenters. The number of hydrogen-bond donors (Lipinski definition) is 1. The van der Waals surface area contributed by atoms with Crippen LogP contribution in [0.25, 0.3) is 0 Å². The number of rotatable bonds is 4. The third-order valence-electron chi connectivity index (χ3n) is 2.37. The van der Waals surface area contributed by atoms with Gasteiger partial charge in [-0.3, -0.25) is 4.98 Å². The smallest absolute Gasteiger partial charge is 0.339 e. The van der Waals surface area contributed by atoms with Crippen LogP contribution in [0.3, 0.4) is 0 Å².